The van der Waals surface area contributed by atoms with E-state index in [1.165, 1.54) is 32.6 Å². The molecule has 0 saturated carbocycles. The van der Waals surface area contributed by atoms with Gasteiger partial charge in [-0.25, -0.2) is 0 Å². The second-order valence-corrected chi connectivity index (χ2v) is 12.7. The molecule has 2 aliphatic rings. The van der Waals surface area contributed by atoms with Crippen LogP contribution in [0.2, 0.25) is 0 Å². The van der Waals surface area contributed by atoms with Gasteiger partial charge in [0.1, 0.15) is 8.07 Å². The van der Waals surface area contributed by atoms with Gasteiger partial charge in [0.05, 0.1) is 0 Å². The van der Waals surface area contributed by atoms with Gasteiger partial charge in [-0.2, -0.15) is 0 Å². The fourth-order valence-electron chi connectivity index (χ4n) is 5.80. The Balaban J connectivity index is 0.00000216. The van der Waals surface area contributed by atoms with Crippen molar-refractivity contribution in [2.75, 3.05) is 0 Å². The van der Waals surface area contributed by atoms with E-state index in [0.29, 0.717) is 11.1 Å². The molecule has 2 heteroatoms. The molecule has 0 saturated heterocycles. The number of allylic oxidation sites excluding steroid dienone is 2. The van der Waals surface area contributed by atoms with E-state index in [0.717, 1.165) is 0 Å². The molecular weight excluding hydrogens is 411 g/mol. The summed E-state index contributed by atoms with van der Waals surface area (Å²) in [7, 11) is -2.36. The third kappa shape index (κ3) is 3.24. The van der Waals surface area contributed by atoms with Crippen molar-refractivity contribution in [3.8, 4) is 0 Å². The van der Waals surface area contributed by atoms with Crippen LogP contribution in [0.1, 0.15) is 33.3 Å². The van der Waals surface area contributed by atoms with Gasteiger partial charge in [0.2, 0.25) is 0 Å². The van der Waals surface area contributed by atoms with Gasteiger partial charge >= 0.3 is 0 Å². The van der Waals surface area contributed by atoms with Crippen molar-refractivity contribution in [2.45, 2.75) is 11.1 Å². The summed E-state index contributed by atoms with van der Waals surface area (Å²) in [6, 6.07) is 40.6. The summed E-state index contributed by atoms with van der Waals surface area (Å²) in [6.45, 7) is 0. The molecule has 0 heterocycles. The second kappa shape index (κ2) is 8.84. The standard InChI is InChI=1S/C30H24Si.Na/c1-3-13-25(14-4-1)31(26-15-5-2-6-16-26,29-21-19-23-11-7-9-17-27(23)29)30-22-20-24-12-8-10-18-28(24)30;/h1-22,29-30H;. The summed E-state index contributed by atoms with van der Waals surface area (Å²) < 4.78 is 0. The van der Waals surface area contributed by atoms with Gasteiger partial charge in [-0.3, -0.25) is 0 Å². The van der Waals surface area contributed by atoms with Gasteiger partial charge in [-0.15, -0.1) is 0 Å². The maximum Gasteiger partial charge on any atom is 0.139 e. The molecule has 0 aromatic heterocycles. The Kier molecular flexibility index (Phi) is 5.92. The van der Waals surface area contributed by atoms with Crippen LogP contribution in [0.25, 0.3) is 12.2 Å². The van der Waals surface area contributed by atoms with E-state index >= 15 is 0 Å². The molecule has 2 atom stereocenters. The van der Waals surface area contributed by atoms with Crippen molar-refractivity contribution in [1.82, 2.24) is 0 Å². The van der Waals surface area contributed by atoms with Crippen LogP contribution in [0.3, 0.4) is 0 Å². The molecule has 0 amide bonds. The summed E-state index contributed by atoms with van der Waals surface area (Å²) in [5.74, 6) is 0. The molecule has 0 N–H and O–H groups in total. The molecule has 149 valence electrons. The topological polar surface area (TPSA) is 0 Å². The fourth-order valence-corrected chi connectivity index (χ4v) is 11.8. The molecule has 0 nitrogen and oxygen atoms in total. The van der Waals surface area contributed by atoms with Crippen molar-refractivity contribution < 1.29 is 0 Å². The summed E-state index contributed by atoms with van der Waals surface area (Å²) >= 11 is 0. The summed E-state index contributed by atoms with van der Waals surface area (Å²) in [5, 5.41) is 3.00. The predicted molar refractivity (Wildman–Crippen MR) is 140 cm³/mol. The molecule has 0 bridgehead atoms. The Hall–Kier alpha value is -2.42. The third-order valence-electron chi connectivity index (χ3n) is 7.08. The van der Waals surface area contributed by atoms with Crippen LogP contribution in [0.4, 0.5) is 0 Å². The SMILES string of the molecule is C1=CC([Si](c2ccccc2)(c2ccccc2)C2C=Cc3ccccc32)c2ccccc21.[Na]. The Bertz CT molecular complexity index is 1190. The minimum Gasteiger partial charge on any atom is -0.0784 e. The number of rotatable bonds is 4. The zero-order chi connectivity index (χ0) is 20.7. The predicted octanol–water partition coefficient (Wildman–Crippen LogP) is 5.57. The largest absolute Gasteiger partial charge is 0.139 e. The Labute approximate surface area is 213 Å². The van der Waals surface area contributed by atoms with Crippen molar-refractivity contribution in [3.63, 3.8) is 0 Å². The van der Waals surface area contributed by atoms with Crippen LogP contribution in [-0.4, -0.2) is 37.6 Å². The number of benzene rings is 4. The second-order valence-electron chi connectivity index (χ2n) is 8.53. The molecule has 2 unspecified atom stereocenters. The van der Waals surface area contributed by atoms with Gasteiger partial charge in [0.25, 0.3) is 0 Å². The number of fused-ring (bicyclic) bond motifs is 2. The van der Waals surface area contributed by atoms with E-state index in [2.05, 4.69) is 133 Å². The zero-order valence-corrected chi connectivity index (χ0v) is 21.4. The van der Waals surface area contributed by atoms with Gasteiger partial charge < -0.3 is 0 Å². The van der Waals surface area contributed by atoms with Crippen molar-refractivity contribution in [2.24, 2.45) is 0 Å². The van der Waals surface area contributed by atoms with E-state index in [4.69, 9.17) is 0 Å². The third-order valence-corrected chi connectivity index (χ3v) is 12.6. The average molecular weight is 436 g/mol. The smallest absolute Gasteiger partial charge is 0.0784 e. The van der Waals surface area contributed by atoms with E-state index in [9.17, 15) is 0 Å². The van der Waals surface area contributed by atoms with Crippen LogP contribution < -0.4 is 10.4 Å². The Morgan fingerprint density at radius 3 is 1.25 bits per heavy atom. The van der Waals surface area contributed by atoms with Crippen molar-refractivity contribution >= 4 is 60.2 Å². The van der Waals surface area contributed by atoms with Crippen molar-refractivity contribution in [1.29, 1.82) is 0 Å². The van der Waals surface area contributed by atoms with E-state index < -0.39 is 8.07 Å². The van der Waals surface area contributed by atoms with Crippen LogP contribution >= 0.6 is 0 Å². The van der Waals surface area contributed by atoms with Gasteiger partial charge in [-0.1, -0.05) is 144 Å². The molecule has 4 aromatic rings. The maximum atomic E-state index is 2.49. The maximum absolute atomic E-state index is 2.49. The monoisotopic (exact) mass is 435 g/mol. The summed E-state index contributed by atoms with van der Waals surface area (Å²) in [4.78, 5) is 0. The molecule has 6 rings (SSSR count). The molecule has 0 aliphatic heterocycles. The first-order valence-electron chi connectivity index (χ1n) is 11.0. The molecular formula is C30H24NaSi. The Morgan fingerprint density at radius 1 is 0.438 bits per heavy atom. The van der Waals surface area contributed by atoms with Crippen LogP contribution in [0.5, 0.6) is 0 Å². The molecule has 0 spiro atoms. The molecule has 32 heavy (non-hydrogen) atoms. The van der Waals surface area contributed by atoms with Crippen LogP contribution in [0.15, 0.2) is 121 Å². The number of hydrogen-bond donors (Lipinski definition) is 0. The average Bonchev–Trinajstić information content (AvgIpc) is 3.47. The zero-order valence-electron chi connectivity index (χ0n) is 18.4. The molecule has 2 aliphatic carbocycles. The number of hydrogen-bond acceptors (Lipinski definition) is 0. The van der Waals surface area contributed by atoms with E-state index in [1.54, 1.807) is 0 Å². The van der Waals surface area contributed by atoms with E-state index in [1.807, 2.05) is 0 Å². The minimum atomic E-state index is -2.36. The first kappa shape index (κ1) is 21.4. The van der Waals surface area contributed by atoms with Crippen LogP contribution in [-0.2, 0) is 0 Å². The van der Waals surface area contributed by atoms with Gasteiger partial charge in [-0.05, 0) is 22.3 Å². The summed E-state index contributed by atoms with van der Waals surface area (Å²) in [6.07, 6.45) is 9.67. The van der Waals surface area contributed by atoms with Crippen molar-refractivity contribution in [3.05, 3.63) is 144 Å². The first-order valence-corrected chi connectivity index (χ1v) is 13.2. The van der Waals surface area contributed by atoms with Gasteiger partial charge in [0.15, 0.2) is 0 Å². The van der Waals surface area contributed by atoms with E-state index in [-0.39, 0.29) is 29.6 Å². The summed E-state index contributed by atoms with van der Waals surface area (Å²) in [5.41, 5.74) is 6.45. The molecule has 0 fully saturated rings. The Morgan fingerprint density at radius 2 is 0.812 bits per heavy atom. The van der Waals surface area contributed by atoms with Gasteiger partial charge in [0, 0.05) is 40.6 Å². The fraction of sp³-hybridized carbons (Fsp3) is 0.0667. The normalized spacial score (nSPS) is 18.1. The minimum absolute atomic E-state index is 0. The van der Waals surface area contributed by atoms with Crippen LogP contribution in [0, 0.1) is 0 Å². The first-order chi connectivity index (χ1) is 15.4. The quantitative estimate of drug-likeness (QED) is 0.368. The molecule has 1 radical (unpaired) electrons. The molecule has 4 aromatic carbocycles.